The molecule has 13 heavy (non-hydrogen) atoms. The molecule has 0 saturated carbocycles. The Hall–Kier alpha value is -0.840. The highest BCUT2D eigenvalue weighted by Crippen LogP contribution is 1.95. The fraction of sp³-hybridized carbons (Fsp3) is 0.500. The SMILES string of the molecule is Cn1cc(C(=O)NCCCBr)cn1. The molecule has 0 aliphatic rings. The summed E-state index contributed by atoms with van der Waals surface area (Å²) in [6.07, 6.45) is 4.19. The van der Waals surface area contributed by atoms with Crippen LogP contribution in [-0.4, -0.2) is 27.6 Å². The standard InChI is InChI=1S/C8H12BrN3O/c1-12-6-7(5-11-12)8(13)10-4-2-3-9/h5-6H,2-4H2,1H3,(H,10,13). The summed E-state index contributed by atoms with van der Waals surface area (Å²) in [5.41, 5.74) is 0.608. The van der Waals surface area contributed by atoms with Gasteiger partial charge in [0.2, 0.25) is 0 Å². The molecule has 0 aromatic carbocycles. The monoisotopic (exact) mass is 245 g/mol. The van der Waals surface area contributed by atoms with Crippen LogP contribution in [0.5, 0.6) is 0 Å². The Morgan fingerprint density at radius 1 is 1.77 bits per heavy atom. The first kappa shape index (κ1) is 10.2. The number of aromatic nitrogens is 2. The normalized spacial score (nSPS) is 10.0. The van der Waals surface area contributed by atoms with Gasteiger partial charge in [0.05, 0.1) is 11.8 Å². The summed E-state index contributed by atoms with van der Waals surface area (Å²) in [6.45, 7) is 0.693. The first-order valence-electron chi connectivity index (χ1n) is 4.07. The van der Waals surface area contributed by atoms with Gasteiger partial charge >= 0.3 is 0 Å². The molecule has 1 heterocycles. The van der Waals surface area contributed by atoms with Gasteiger partial charge in [-0.3, -0.25) is 9.48 Å². The second-order valence-corrected chi connectivity index (χ2v) is 3.49. The van der Waals surface area contributed by atoms with Crippen molar-refractivity contribution in [2.75, 3.05) is 11.9 Å². The van der Waals surface area contributed by atoms with E-state index < -0.39 is 0 Å². The van der Waals surface area contributed by atoms with E-state index in [0.29, 0.717) is 12.1 Å². The summed E-state index contributed by atoms with van der Waals surface area (Å²) in [5.74, 6) is -0.0611. The molecule has 0 aliphatic carbocycles. The molecule has 1 aromatic rings. The van der Waals surface area contributed by atoms with Gasteiger partial charge in [0, 0.05) is 25.1 Å². The quantitative estimate of drug-likeness (QED) is 0.634. The average molecular weight is 246 g/mol. The van der Waals surface area contributed by atoms with Gasteiger partial charge in [0.25, 0.3) is 5.91 Å². The summed E-state index contributed by atoms with van der Waals surface area (Å²) in [4.78, 5) is 11.4. The van der Waals surface area contributed by atoms with E-state index in [4.69, 9.17) is 0 Å². The Bertz CT molecular complexity index is 285. The zero-order valence-corrected chi connectivity index (χ0v) is 9.04. The minimum Gasteiger partial charge on any atom is -0.352 e. The fourth-order valence-electron chi connectivity index (χ4n) is 0.909. The smallest absolute Gasteiger partial charge is 0.254 e. The number of aryl methyl sites for hydroxylation is 1. The number of amides is 1. The second kappa shape index (κ2) is 5.01. The van der Waals surface area contributed by atoms with Gasteiger partial charge < -0.3 is 5.32 Å². The minimum atomic E-state index is -0.0611. The van der Waals surface area contributed by atoms with Crippen LogP contribution in [0.3, 0.4) is 0 Å². The molecule has 0 spiro atoms. The predicted octanol–water partition coefficient (Wildman–Crippen LogP) is 0.935. The van der Waals surface area contributed by atoms with E-state index in [1.54, 1.807) is 24.1 Å². The van der Waals surface area contributed by atoms with E-state index in [2.05, 4.69) is 26.3 Å². The summed E-state index contributed by atoms with van der Waals surface area (Å²) < 4.78 is 1.61. The number of hydrogen-bond acceptors (Lipinski definition) is 2. The average Bonchev–Trinajstić information content (AvgIpc) is 2.52. The molecule has 1 rings (SSSR count). The van der Waals surface area contributed by atoms with Crippen molar-refractivity contribution < 1.29 is 4.79 Å². The van der Waals surface area contributed by atoms with E-state index in [-0.39, 0.29) is 5.91 Å². The van der Waals surface area contributed by atoms with Crippen LogP contribution in [0, 0.1) is 0 Å². The Morgan fingerprint density at radius 2 is 2.54 bits per heavy atom. The van der Waals surface area contributed by atoms with Crippen LogP contribution in [0.4, 0.5) is 0 Å². The van der Waals surface area contributed by atoms with Gasteiger partial charge in [0.15, 0.2) is 0 Å². The van der Waals surface area contributed by atoms with E-state index in [9.17, 15) is 4.79 Å². The van der Waals surface area contributed by atoms with Crippen molar-refractivity contribution in [1.29, 1.82) is 0 Å². The van der Waals surface area contributed by atoms with Crippen LogP contribution in [0.2, 0.25) is 0 Å². The first-order chi connectivity index (χ1) is 6.24. The summed E-state index contributed by atoms with van der Waals surface area (Å²) in [7, 11) is 1.79. The van der Waals surface area contributed by atoms with Crippen LogP contribution in [0.25, 0.3) is 0 Å². The van der Waals surface area contributed by atoms with Gasteiger partial charge in [-0.15, -0.1) is 0 Å². The number of rotatable bonds is 4. The van der Waals surface area contributed by atoms with Crippen molar-refractivity contribution >= 4 is 21.8 Å². The van der Waals surface area contributed by atoms with Gasteiger partial charge in [0.1, 0.15) is 0 Å². The molecule has 0 fully saturated rings. The second-order valence-electron chi connectivity index (χ2n) is 2.70. The number of carbonyl (C=O) groups is 1. The maximum Gasteiger partial charge on any atom is 0.254 e. The number of nitrogens with zero attached hydrogens (tertiary/aromatic N) is 2. The third-order valence-corrected chi connectivity index (χ3v) is 2.12. The fourth-order valence-corrected chi connectivity index (χ4v) is 1.19. The zero-order chi connectivity index (χ0) is 9.68. The van der Waals surface area contributed by atoms with Crippen molar-refractivity contribution in [2.24, 2.45) is 7.05 Å². The number of carbonyl (C=O) groups excluding carboxylic acids is 1. The van der Waals surface area contributed by atoms with Gasteiger partial charge in [-0.1, -0.05) is 15.9 Å². The summed E-state index contributed by atoms with van der Waals surface area (Å²) >= 11 is 3.29. The molecule has 0 unspecified atom stereocenters. The predicted molar refractivity (Wildman–Crippen MR) is 54.0 cm³/mol. The van der Waals surface area contributed by atoms with Crippen molar-refractivity contribution in [3.8, 4) is 0 Å². The van der Waals surface area contributed by atoms with Crippen molar-refractivity contribution in [2.45, 2.75) is 6.42 Å². The largest absolute Gasteiger partial charge is 0.352 e. The molecule has 1 aromatic heterocycles. The van der Waals surface area contributed by atoms with Crippen molar-refractivity contribution in [1.82, 2.24) is 15.1 Å². The molecule has 0 aliphatic heterocycles. The molecule has 72 valence electrons. The third-order valence-electron chi connectivity index (χ3n) is 1.56. The molecular weight excluding hydrogens is 234 g/mol. The van der Waals surface area contributed by atoms with E-state index in [0.717, 1.165) is 11.8 Å². The molecule has 0 saturated heterocycles. The van der Waals surface area contributed by atoms with Crippen LogP contribution in [0.1, 0.15) is 16.8 Å². The molecule has 0 bridgehead atoms. The Balaban J connectivity index is 2.40. The first-order valence-corrected chi connectivity index (χ1v) is 5.19. The molecule has 1 amide bonds. The van der Waals surface area contributed by atoms with Gasteiger partial charge in [-0.25, -0.2) is 0 Å². The van der Waals surface area contributed by atoms with Gasteiger partial charge in [-0.05, 0) is 6.42 Å². The van der Waals surface area contributed by atoms with Crippen LogP contribution < -0.4 is 5.32 Å². The highest BCUT2D eigenvalue weighted by Gasteiger charge is 2.05. The maximum absolute atomic E-state index is 11.4. The lowest BCUT2D eigenvalue weighted by Crippen LogP contribution is -2.24. The maximum atomic E-state index is 11.4. The lowest BCUT2D eigenvalue weighted by molar-refractivity contribution is 0.0954. The molecule has 0 radical (unpaired) electrons. The molecule has 0 atom stereocenters. The molecule has 4 nitrogen and oxygen atoms in total. The lowest BCUT2D eigenvalue weighted by Gasteiger charge is -2.00. The number of halogens is 1. The molecular formula is C8H12BrN3O. The third kappa shape index (κ3) is 3.18. The molecule has 1 N–H and O–H groups in total. The Kier molecular flexibility index (Phi) is 3.95. The van der Waals surface area contributed by atoms with Crippen LogP contribution in [0.15, 0.2) is 12.4 Å². The highest BCUT2D eigenvalue weighted by atomic mass is 79.9. The van der Waals surface area contributed by atoms with Crippen molar-refractivity contribution in [3.05, 3.63) is 18.0 Å². The lowest BCUT2D eigenvalue weighted by atomic mass is 10.3. The van der Waals surface area contributed by atoms with Crippen LogP contribution >= 0.6 is 15.9 Å². The number of alkyl halides is 1. The Labute approximate surface area is 85.4 Å². The topological polar surface area (TPSA) is 46.9 Å². The van der Waals surface area contributed by atoms with E-state index >= 15 is 0 Å². The van der Waals surface area contributed by atoms with Gasteiger partial charge in [-0.2, -0.15) is 5.10 Å². The van der Waals surface area contributed by atoms with Crippen LogP contribution in [-0.2, 0) is 7.05 Å². The summed E-state index contributed by atoms with van der Waals surface area (Å²) in [5, 5.41) is 7.61. The number of hydrogen-bond donors (Lipinski definition) is 1. The Morgan fingerprint density at radius 3 is 3.08 bits per heavy atom. The minimum absolute atomic E-state index is 0.0611. The van der Waals surface area contributed by atoms with E-state index in [1.165, 1.54) is 0 Å². The van der Waals surface area contributed by atoms with E-state index in [1.807, 2.05) is 0 Å². The zero-order valence-electron chi connectivity index (χ0n) is 7.46. The molecule has 5 heteroatoms. The van der Waals surface area contributed by atoms with Crippen molar-refractivity contribution in [3.63, 3.8) is 0 Å². The highest BCUT2D eigenvalue weighted by molar-refractivity contribution is 9.09. The number of nitrogens with one attached hydrogen (secondary N) is 1. The summed E-state index contributed by atoms with van der Waals surface area (Å²) in [6, 6.07) is 0.